The predicted octanol–water partition coefficient (Wildman–Crippen LogP) is 5.96. The van der Waals surface area contributed by atoms with Crippen LogP contribution in [-0.4, -0.2) is 23.0 Å². The van der Waals surface area contributed by atoms with Crippen molar-refractivity contribution in [3.63, 3.8) is 0 Å². The topological polar surface area (TPSA) is 102 Å². The zero-order valence-electron chi connectivity index (χ0n) is 16.2. The molecule has 0 aromatic heterocycles. The van der Waals surface area contributed by atoms with Crippen molar-refractivity contribution in [2.75, 3.05) is 13.2 Å². The smallest absolute Gasteiger partial charge is 0.302 e. The van der Waals surface area contributed by atoms with Crippen molar-refractivity contribution < 1.29 is 54.0 Å². The van der Waals surface area contributed by atoms with Crippen LogP contribution in [0.5, 0.6) is 0 Å². The van der Waals surface area contributed by atoms with Gasteiger partial charge in [-0.05, 0) is 12.8 Å². The summed E-state index contributed by atoms with van der Waals surface area (Å²) in [4.78, 5) is 17.8. The fraction of sp³-hybridized carbons (Fsp3) is 1.00. The molecule has 10 heteroatoms. The minimum atomic E-state index is -4.94. The molecular weight excluding hydrogens is 414 g/mol. The van der Waals surface area contributed by atoms with Crippen LogP contribution in [-0.2, 0) is 44.2 Å². The number of hydrogen-bond donors (Lipinski definition) is 2. The van der Waals surface area contributed by atoms with E-state index in [-0.39, 0.29) is 34.9 Å². The van der Waals surface area contributed by atoms with Crippen LogP contribution < -0.4 is 0 Å². The molecule has 0 amide bonds. The molecule has 2 N–H and O–H groups in total. The first kappa shape index (κ1) is 29.2. The molecule has 156 valence electrons. The number of unbranched alkanes of at least 4 members (excludes halogenated alkanes) is 10. The third-order valence-corrected chi connectivity index (χ3v) is 6.35. The van der Waals surface area contributed by atoms with Crippen molar-refractivity contribution in [3.05, 3.63) is 0 Å². The molecule has 0 aliphatic heterocycles. The molecule has 0 bridgehead atoms. The summed E-state index contributed by atoms with van der Waals surface area (Å²) in [6.45, 7) is 4.47. The molecule has 0 heterocycles. The van der Waals surface area contributed by atoms with E-state index in [1.807, 2.05) is 0 Å². The number of rotatable bonds is 18. The van der Waals surface area contributed by atoms with Crippen molar-refractivity contribution in [1.29, 1.82) is 0 Å². The van der Waals surface area contributed by atoms with Crippen LogP contribution in [0.3, 0.4) is 0 Å². The van der Waals surface area contributed by atoms with Crippen LogP contribution >= 0.6 is 15.6 Å². The van der Waals surface area contributed by atoms with Crippen LogP contribution in [0, 0.1) is 0 Å². The molecule has 0 saturated carbocycles. The van der Waals surface area contributed by atoms with Crippen molar-refractivity contribution in [3.8, 4) is 0 Å². The van der Waals surface area contributed by atoms with E-state index < -0.39 is 15.6 Å². The van der Waals surface area contributed by atoms with Crippen molar-refractivity contribution in [2.45, 2.75) is 90.9 Å². The minimum Gasteiger partial charge on any atom is -0.302 e. The van der Waals surface area contributed by atoms with Crippen LogP contribution in [0.15, 0.2) is 0 Å². The Morgan fingerprint density at radius 1 is 0.654 bits per heavy atom. The summed E-state index contributed by atoms with van der Waals surface area (Å²) in [5.74, 6) is 0. The summed E-state index contributed by atoms with van der Waals surface area (Å²) in [5.41, 5.74) is 0. The average molecular weight is 450 g/mol. The van der Waals surface area contributed by atoms with E-state index >= 15 is 0 Å². The number of phosphoric ester groups is 1. The molecule has 0 fully saturated rings. The maximum absolute atomic E-state index is 12.3. The molecule has 0 aliphatic carbocycles. The van der Waals surface area contributed by atoms with Gasteiger partial charge in [-0.1, -0.05) is 78.1 Å². The third kappa shape index (κ3) is 19.7. The largest absolute Gasteiger partial charge is 0.483 e. The third-order valence-electron chi connectivity index (χ3n) is 3.70. The monoisotopic (exact) mass is 450 g/mol. The molecular formula is C16H36O7P2Ti. The fourth-order valence-corrected chi connectivity index (χ4v) is 4.53. The van der Waals surface area contributed by atoms with Gasteiger partial charge in [0, 0.05) is 21.7 Å². The Morgan fingerprint density at radius 3 is 1.35 bits per heavy atom. The Bertz CT molecular complexity index is 382. The van der Waals surface area contributed by atoms with Gasteiger partial charge in [-0.3, -0.25) is 9.05 Å². The van der Waals surface area contributed by atoms with Crippen molar-refractivity contribution in [1.82, 2.24) is 0 Å². The first-order valence-corrected chi connectivity index (χ1v) is 12.5. The summed E-state index contributed by atoms with van der Waals surface area (Å²) in [6.07, 6.45) is 12.2. The van der Waals surface area contributed by atoms with E-state index in [9.17, 15) is 9.13 Å². The van der Waals surface area contributed by atoms with Gasteiger partial charge in [0.25, 0.3) is 0 Å². The minimum absolute atomic E-state index is 0. The van der Waals surface area contributed by atoms with E-state index in [4.69, 9.17) is 18.8 Å². The van der Waals surface area contributed by atoms with E-state index in [1.165, 1.54) is 12.8 Å². The van der Waals surface area contributed by atoms with Gasteiger partial charge in [0.1, 0.15) is 0 Å². The van der Waals surface area contributed by atoms with Crippen LogP contribution in [0.4, 0.5) is 0 Å². The molecule has 0 rings (SSSR count). The molecule has 0 unspecified atom stereocenters. The summed E-state index contributed by atoms with van der Waals surface area (Å²) < 4.78 is 37.8. The molecule has 7 nitrogen and oxygen atoms in total. The number of phosphoric acid groups is 2. The van der Waals surface area contributed by atoms with Crippen molar-refractivity contribution in [2.24, 2.45) is 0 Å². The van der Waals surface area contributed by atoms with Gasteiger partial charge in [0.05, 0.1) is 13.2 Å². The molecule has 0 atom stereocenters. The number of hydrogen-bond acceptors (Lipinski definition) is 5. The first-order chi connectivity index (χ1) is 11.8. The molecule has 26 heavy (non-hydrogen) atoms. The molecule has 0 aromatic rings. The predicted molar refractivity (Wildman–Crippen MR) is 99.4 cm³/mol. The zero-order chi connectivity index (χ0) is 19.0. The van der Waals surface area contributed by atoms with Gasteiger partial charge in [-0.2, -0.15) is 4.31 Å². The zero-order valence-corrected chi connectivity index (χ0v) is 19.6. The quantitative estimate of drug-likeness (QED) is 0.151. The molecule has 0 aromatic carbocycles. The fourth-order valence-electron chi connectivity index (χ4n) is 2.33. The van der Waals surface area contributed by atoms with Gasteiger partial charge in [-0.15, -0.1) is 0 Å². The second kappa shape index (κ2) is 18.0. The maximum atomic E-state index is 12.3. The summed E-state index contributed by atoms with van der Waals surface area (Å²) in [6, 6.07) is 0. The molecule has 0 spiro atoms. The van der Waals surface area contributed by atoms with Gasteiger partial charge in [0.15, 0.2) is 0 Å². The summed E-state index contributed by atoms with van der Waals surface area (Å²) >= 11 is 0. The van der Waals surface area contributed by atoms with Gasteiger partial charge in [-0.25, -0.2) is 9.13 Å². The second-order valence-corrected chi connectivity index (χ2v) is 9.27. The standard InChI is InChI=1S/C16H36O7P2.Ti/c1-3-5-7-9-11-13-15-21-25(20,23-24(17,18)19)22-16-14-12-10-8-6-4-2;/h3-16H2,1-2H3,(H2,17,18,19);. The van der Waals surface area contributed by atoms with Gasteiger partial charge < -0.3 is 9.79 Å². The van der Waals surface area contributed by atoms with Crippen LogP contribution in [0.25, 0.3) is 0 Å². The second-order valence-electron chi connectivity index (χ2n) is 6.22. The Kier molecular flexibility index (Phi) is 20.2. The van der Waals surface area contributed by atoms with Crippen LogP contribution in [0.2, 0.25) is 0 Å². The first-order valence-electron chi connectivity index (χ1n) is 9.49. The summed E-state index contributed by atoms with van der Waals surface area (Å²) in [7, 11) is -9.17. The van der Waals surface area contributed by atoms with Crippen LogP contribution in [0.1, 0.15) is 90.9 Å². The van der Waals surface area contributed by atoms with E-state index in [0.717, 1.165) is 51.4 Å². The average Bonchev–Trinajstić information content (AvgIpc) is 2.51. The summed E-state index contributed by atoms with van der Waals surface area (Å²) in [5, 5.41) is 0. The normalized spacial score (nSPS) is 12.2. The van der Waals surface area contributed by atoms with Gasteiger partial charge >= 0.3 is 15.6 Å². The maximum Gasteiger partial charge on any atom is 0.483 e. The van der Waals surface area contributed by atoms with Gasteiger partial charge in [0.2, 0.25) is 0 Å². The molecule has 0 radical (unpaired) electrons. The van der Waals surface area contributed by atoms with E-state index in [1.54, 1.807) is 0 Å². The molecule has 0 aliphatic rings. The Hall–Kier alpha value is 0.974. The van der Waals surface area contributed by atoms with E-state index in [2.05, 4.69) is 18.2 Å². The van der Waals surface area contributed by atoms with Crippen molar-refractivity contribution >= 4 is 15.6 Å². The Labute approximate surface area is 173 Å². The Morgan fingerprint density at radius 2 is 1.00 bits per heavy atom. The SMILES string of the molecule is CCCCCCCCOP(=O)(OCCCCCCCC)OP(=O)(O)O.[Ti]. The molecule has 0 saturated heterocycles. The van der Waals surface area contributed by atoms with E-state index in [0.29, 0.717) is 12.8 Å². The Balaban J connectivity index is 0.